The van der Waals surface area contributed by atoms with Gasteiger partial charge in [0.2, 0.25) is 0 Å². The molecule has 140 valence electrons. The molecule has 0 aliphatic heterocycles. The molecule has 1 heterocycles. The Morgan fingerprint density at radius 2 is 2.00 bits per heavy atom. The molecule has 0 saturated heterocycles. The molecule has 0 aliphatic carbocycles. The van der Waals surface area contributed by atoms with E-state index in [2.05, 4.69) is 10.3 Å². The standard InChI is InChI=1S/C19H17ClFN3O3/c1-24(19(27)23-11-6-7-16(21)15(20)8-11)17(10-25)14-9-22-18(26)13-5-3-2-4-12(13)14/h2-9,17,25H,10H2,1H3,(H,22,26)(H,23,27). The van der Waals surface area contributed by atoms with E-state index in [1.165, 1.54) is 30.3 Å². The lowest BCUT2D eigenvalue weighted by Crippen LogP contribution is -2.37. The third-order valence-corrected chi connectivity index (χ3v) is 4.62. The third kappa shape index (κ3) is 3.79. The molecule has 1 unspecified atom stereocenters. The van der Waals surface area contributed by atoms with Crippen molar-refractivity contribution in [1.29, 1.82) is 0 Å². The number of anilines is 1. The Bertz CT molecular complexity index is 1050. The quantitative estimate of drug-likeness (QED) is 0.638. The van der Waals surface area contributed by atoms with Crippen molar-refractivity contribution in [3.63, 3.8) is 0 Å². The number of aromatic amines is 1. The monoisotopic (exact) mass is 389 g/mol. The fourth-order valence-electron chi connectivity index (χ4n) is 2.86. The average molecular weight is 390 g/mol. The van der Waals surface area contributed by atoms with E-state index in [-0.39, 0.29) is 17.2 Å². The van der Waals surface area contributed by atoms with Gasteiger partial charge in [0.15, 0.2) is 0 Å². The number of hydrogen-bond acceptors (Lipinski definition) is 3. The van der Waals surface area contributed by atoms with Crippen LogP contribution < -0.4 is 10.9 Å². The number of rotatable bonds is 4. The lowest BCUT2D eigenvalue weighted by atomic mass is 10.0. The summed E-state index contributed by atoms with van der Waals surface area (Å²) in [5.41, 5.74) is 0.669. The van der Waals surface area contributed by atoms with Gasteiger partial charge in [-0.2, -0.15) is 0 Å². The number of aromatic nitrogens is 1. The van der Waals surface area contributed by atoms with Crippen molar-refractivity contribution in [1.82, 2.24) is 9.88 Å². The number of nitrogens with one attached hydrogen (secondary N) is 2. The number of hydrogen-bond donors (Lipinski definition) is 3. The summed E-state index contributed by atoms with van der Waals surface area (Å²) in [7, 11) is 1.52. The number of aliphatic hydroxyl groups excluding tert-OH is 1. The summed E-state index contributed by atoms with van der Waals surface area (Å²) in [6.07, 6.45) is 1.49. The zero-order valence-electron chi connectivity index (χ0n) is 14.4. The number of likely N-dealkylation sites (N-methyl/N-ethyl adjacent to an activating group) is 1. The number of pyridine rings is 1. The first-order valence-corrected chi connectivity index (χ1v) is 8.50. The van der Waals surface area contributed by atoms with Crippen molar-refractivity contribution in [2.75, 3.05) is 19.0 Å². The molecule has 27 heavy (non-hydrogen) atoms. The number of carbonyl (C=O) groups is 1. The molecule has 0 radical (unpaired) electrons. The number of carbonyl (C=O) groups excluding carboxylic acids is 1. The lowest BCUT2D eigenvalue weighted by Gasteiger charge is -2.28. The van der Waals surface area contributed by atoms with Crippen LogP contribution in [-0.2, 0) is 0 Å². The molecule has 8 heteroatoms. The molecular weight excluding hydrogens is 373 g/mol. The largest absolute Gasteiger partial charge is 0.394 e. The maximum Gasteiger partial charge on any atom is 0.322 e. The van der Waals surface area contributed by atoms with E-state index < -0.39 is 17.9 Å². The highest BCUT2D eigenvalue weighted by molar-refractivity contribution is 6.31. The second-order valence-electron chi connectivity index (χ2n) is 5.99. The minimum atomic E-state index is -0.706. The normalized spacial score (nSPS) is 12.0. The van der Waals surface area contributed by atoms with Gasteiger partial charge in [0.1, 0.15) is 5.82 Å². The summed E-state index contributed by atoms with van der Waals surface area (Å²) in [6.45, 7) is -0.357. The number of amides is 2. The summed E-state index contributed by atoms with van der Waals surface area (Å²) >= 11 is 5.73. The lowest BCUT2D eigenvalue weighted by molar-refractivity contribution is 0.159. The molecule has 0 saturated carbocycles. The van der Waals surface area contributed by atoms with Crippen LogP contribution in [0.1, 0.15) is 11.6 Å². The van der Waals surface area contributed by atoms with E-state index >= 15 is 0 Å². The van der Waals surface area contributed by atoms with Crippen LogP contribution >= 0.6 is 11.6 Å². The maximum absolute atomic E-state index is 13.3. The molecule has 3 rings (SSSR count). The van der Waals surface area contributed by atoms with Gasteiger partial charge in [-0.25, -0.2) is 9.18 Å². The second kappa shape index (κ2) is 7.77. The predicted octanol–water partition coefficient (Wildman–Crippen LogP) is 3.52. The Morgan fingerprint density at radius 3 is 2.67 bits per heavy atom. The van der Waals surface area contributed by atoms with Crippen LogP contribution in [0.15, 0.2) is 53.5 Å². The van der Waals surface area contributed by atoms with Crippen LogP contribution in [0.2, 0.25) is 5.02 Å². The Labute approximate surface area is 159 Å². The molecule has 1 atom stereocenters. The van der Waals surface area contributed by atoms with E-state index in [0.717, 1.165) is 6.07 Å². The fourth-order valence-corrected chi connectivity index (χ4v) is 3.04. The van der Waals surface area contributed by atoms with E-state index in [9.17, 15) is 19.1 Å². The number of urea groups is 1. The van der Waals surface area contributed by atoms with Gasteiger partial charge in [0.25, 0.3) is 5.56 Å². The number of H-pyrrole nitrogens is 1. The second-order valence-corrected chi connectivity index (χ2v) is 6.39. The molecule has 0 aliphatic rings. The topological polar surface area (TPSA) is 85.4 Å². The van der Waals surface area contributed by atoms with E-state index in [4.69, 9.17) is 11.6 Å². The molecule has 1 aromatic heterocycles. The van der Waals surface area contributed by atoms with Gasteiger partial charge in [-0.15, -0.1) is 0 Å². The molecule has 2 aromatic carbocycles. The Morgan fingerprint density at radius 1 is 1.30 bits per heavy atom. The van der Waals surface area contributed by atoms with Crippen molar-refractivity contribution in [2.45, 2.75) is 6.04 Å². The number of halogens is 2. The van der Waals surface area contributed by atoms with Crippen LogP contribution in [0.3, 0.4) is 0 Å². The van der Waals surface area contributed by atoms with Gasteiger partial charge in [-0.1, -0.05) is 29.8 Å². The van der Waals surface area contributed by atoms with Gasteiger partial charge in [0, 0.05) is 29.9 Å². The Kier molecular flexibility index (Phi) is 5.43. The molecule has 0 fully saturated rings. The van der Waals surface area contributed by atoms with Crippen molar-refractivity contribution in [3.8, 4) is 0 Å². The first-order valence-electron chi connectivity index (χ1n) is 8.12. The zero-order valence-corrected chi connectivity index (χ0v) is 15.1. The van der Waals surface area contributed by atoms with Gasteiger partial charge < -0.3 is 20.3 Å². The average Bonchev–Trinajstić information content (AvgIpc) is 2.67. The summed E-state index contributed by atoms with van der Waals surface area (Å²) in [4.78, 5) is 28.5. The molecular formula is C19H17ClFN3O3. The third-order valence-electron chi connectivity index (χ3n) is 4.33. The van der Waals surface area contributed by atoms with E-state index in [0.29, 0.717) is 22.0 Å². The predicted molar refractivity (Wildman–Crippen MR) is 103 cm³/mol. The van der Waals surface area contributed by atoms with E-state index in [1.54, 1.807) is 24.3 Å². The van der Waals surface area contributed by atoms with Crippen molar-refractivity contribution < 1.29 is 14.3 Å². The van der Waals surface area contributed by atoms with Gasteiger partial charge in [-0.05, 0) is 29.7 Å². The summed E-state index contributed by atoms with van der Waals surface area (Å²) < 4.78 is 13.3. The van der Waals surface area contributed by atoms with Crippen molar-refractivity contribution >= 4 is 34.1 Å². The van der Waals surface area contributed by atoms with Gasteiger partial charge >= 0.3 is 6.03 Å². The first kappa shape index (κ1) is 18.9. The highest BCUT2D eigenvalue weighted by Gasteiger charge is 2.23. The molecule has 2 amide bonds. The fraction of sp³-hybridized carbons (Fsp3) is 0.158. The van der Waals surface area contributed by atoms with E-state index in [1.807, 2.05) is 0 Å². The van der Waals surface area contributed by atoms with Crippen LogP contribution in [-0.4, -0.2) is 34.7 Å². The van der Waals surface area contributed by atoms with Crippen LogP contribution in [0, 0.1) is 5.82 Å². The Balaban J connectivity index is 1.91. The Hall–Kier alpha value is -2.90. The smallest absolute Gasteiger partial charge is 0.322 e. The van der Waals surface area contributed by atoms with Crippen molar-refractivity contribution in [2.24, 2.45) is 0 Å². The van der Waals surface area contributed by atoms with Gasteiger partial charge in [-0.3, -0.25) is 4.79 Å². The van der Waals surface area contributed by atoms with Crippen molar-refractivity contribution in [3.05, 3.63) is 75.4 Å². The molecule has 3 N–H and O–H groups in total. The number of fused-ring (bicyclic) bond motifs is 1. The van der Waals surface area contributed by atoms with Gasteiger partial charge in [0.05, 0.1) is 17.7 Å². The molecule has 6 nitrogen and oxygen atoms in total. The zero-order chi connectivity index (χ0) is 19.6. The minimum Gasteiger partial charge on any atom is -0.394 e. The first-order chi connectivity index (χ1) is 12.9. The van der Waals surface area contributed by atoms with Crippen LogP contribution in [0.5, 0.6) is 0 Å². The number of aliphatic hydroxyl groups is 1. The number of benzene rings is 2. The van der Waals surface area contributed by atoms with Crippen LogP contribution in [0.25, 0.3) is 10.8 Å². The van der Waals surface area contributed by atoms with Crippen LogP contribution in [0.4, 0.5) is 14.9 Å². The summed E-state index contributed by atoms with van der Waals surface area (Å²) in [6, 6.07) is 9.55. The maximum atomic E-state index is 13.3. The molecule has 0 bridgehead atoms. The SMILES string of the molecule is CN(C(=O)Nc1ccc(F)c(Cl)c1)C(CO)c1c[nH]c(=O)c2ccccc12. The molecule has 0 spiro atoms. The highest BCUT2D eigenvalue weighted by Crippen LogP contribution is 2.26. The summed E-state index contributed by atoms with van der Waals surface area (Å²) in [5.74, 6) is -0.587. The minimum absolute atomic E-state index is 0.110. The number of nitrogens with zero attached hydrogens (tertiary/aromatic N) is 1. The summed E-state index contributed by atoms with van der Waals surface area (Å²) in [5, 5.41) is 13.5. The molecule has 3 aromatic rings. The highest BCUT2D eigenvalue weighted by atomic mass is 35.5.